The lowest BCUT2D eigenvalue weighted by molar-refractivity contribution is -0.274. The predicted molar refractivity (Wildman–Crippen MR) is 127 cm³/mol. The fourth-order valence-corrected chi connectivity index (χ4v) is 3.50. The zero-order chi connectivity index (χ0) is 23.8. The number of hydrogen-bond donors (Lipinski definition) is 2. The summed E-state index contributed by atoms with van der Waals surface area (Å²) in [5.74, 6) is 0.644. The first kappa shape index (κ1) is 24.8. The van der Waals surface area contributed by atoms with Gasteiger partial charge in [-0.3, -0.25) is 0 Å². The first-order valence-electron chi connectivity index (χ1n) is 10.3. The van der Waals surface area contributed by atoms with Crippen molar-refractivity contribution in [1.29, 1.82) is 0 Å². The number of nitrogens with one attached hydrogen (secondary N) is 2. The third-order valence-electron chi connectivity index (χ3n) is 4.52. The van der Waals surface area contributed by atoms with E-state index in [-0.39, 0.29) is 5.75 Å². The molecular weight excluding hydrogens is 499 g/mol. The molecule has 2 N–H and O–H groups in total. The lowest BCUT2D eigenvalue weighted by Gasteiger charge is -2.14. The van der Waals surface area contributed by atoms with E-state index < -0.39 is 6.36 Å². The van der Waals surface area contributed by atoms with Crippen LogP contribution >= 0.6 is 15.9 Å². The van der Waals surface area contributed by atoms with Crippen molar-refractivity contribution in [1.82, 2.24) is 14.9 Å². The van der Waals surface area contributed by atoms with Gasteiger partial charge in [0.15, 0.2) is 0 Å². The number of ether oxygens (including phenoxy) is 1. The van der Waals surface area contributed by atoms with Crippen molar-refractivity contribution in [3.05, 3.63) is 64.6 Å². The molecule has 0 unspecified atom stereocenters. The summed E-state index contributed by atoms with van der Waals surface area (Å²) < 4.78 is 43.0. The van der Waals surface area contributed by atoms with Crippen LogP contribution in [0.15, 0.2) is 59.1 Å². The average Bonchev–Trinajstić information content (AvgIpc) is 2.74. The summed E-state index contributed by atoms with van der Waals surface area (Å²) in [7, 11) is 3.99. The lowest BCUT2D eigenvalue weighted by atomic mass is 10.1. The molecule has 0 bridgehead atoms. The van der Waals surface area contributed by atoms with E-state index in [2.05, 4.69) is 46.2 Å². The smallest absolute Gasteiger partial charge is 0.406 e. The Kier molecular flexibility index (Phi) is 8.51. The van der Waals surface area contributed by atoms with E-state index in [0.29, 0.717) is 36.1 Å². The van der Waals surface area contributed by atoms with Gasteiger partial charge < -0.3 is 20.3 Å². The van der Waals surface area contributed by atoms with Gasteiger partial charge >= 0.3 is 6.36 Å². The number of hydrogen-bond acceptors (Lipinski definition) is 6. The van der Waals surface area contributed by atoms with Crippen molar-refractivity contribution in [3.8, 4) is 17.0 Å². The zero-order valence-electron chi connectivity index (χ0n) is 18.3. The molecule has 1 aromatic heterocycles. The average molecular weight is 524 g/mol. The highest BCUT2D eigenvalue weighted by Crippen LogP contribution is 2.28. The van der Waals surface area contributed by atoms with Gasteiger partial charge in [0.1, 0.15) is 11.6 Å². The van der Waals surface area contributed by atoms with Crippen LogP contribution in [-0.4, -0.2) is 48.4 Å². The molecule has 0 aliphatic rings. The first-order chi connectivity index (χ1) is 15.7. The lowest BCUT2D eigenvalue weighted by Crippen LogP contribution is -2.17. The number of anilines is 2. The van der Waals surface area contributed by atoms with Crippen LogP contribution in [0, 0.1) is 0 Å². The van der Waals surface area contributed by atoms with E-state index in [1.165, 1.54) is 18.2 Å². The van der Waals surface area contributed by atoms with Crippen LogP contribution in [0.2, 0.25) is 0 Å². The summed E-state index contributed by atoms with van der Waals surface area (Å²) in [6.45, 7) is 2.08. The maximum atomic E-state index is 12.6. The minimum atomic E-state index is -4.76. The van der Waals surface area contributed by atoms with Crippen LogP contribution in [0.4, 0.5) is 24.9 Å². The normalized spacial score (nSPS) is 11.5. The SMILES string of the molecule is CN(C)CCCNc1nc(NCc2cccc(Br)c2)cc(-c2cccc(OC(F)(F)F)c2)n1. The molecule has 0 fully saturated rings. The molecule has 3 rings (SSSR count). The standard InChI is InChI=1S/C23H25BrF3N5O/c1-32(2)11-5-10-28-22-30-20(17-7-4-9-19(13-17)33-23(25,26)27)14-21(31-22)29-15-16-6-3-8-18(24)12-16/h3-4,6-9,12-14H,5,10-11,15H2,1-2H3,(H2,28,29,30,31). The molecule has 0 saturated carbocycles. The highest BCUT2D eigenvalue weighted by molar-refractivity contribution is 9.10. The van der Waals surface area contributed by atoms with Gasteiger partial charge in [-0.2, -0.15) is 4.98 Å². The van der Waals surface area contributed by atoms with Gasteiger partial charge in [0.25, 0.3) is 0 Å². The summed E-state index contributed by atoms with van der Waals surface area (Å²) in [4.78, 5) is 11.1. The topological polar surface area (TPSA) is 62.3 Å². The Bertz CT molecular complexity index is 1060. The van der Waals surface area contributed by atoms with Gasteiger partial charge in [-0.15, -0.1) is 13.2 Å². The Morgan fingerprint density at radius 2 is 1.79 bits per heavy atom. The molecule has 0 saturated heterocycles. The Balaban J connectivity index is 1.84. The number of rotatable bonds is 10. The molecule has 33 heavy (non-hydrogen) atoms. The number of alkyl halides is 3. The molecule has 0 spiro atoms. The minimum Gasteiger partial charge on any atom is -0.406 e. The molecule has 0 radical (unpaired) electrons. The molecule has 0 atom stereocenters. The second kappa shape index (κ2) is 11.3. The molecular formula is C23H25BrF3N5O. The number of nitrogens with zero attached hydrogens (tertiary/aromatic N) is 3. The Morgan fingerprint density at radius 3 is 2.52 bits per heavy atom. The highest BCUT2D eigenvalue weighted by Gasteiger charge is 2.31. The van der Waals surface area contributed by atoms with Gasteiger partial charge in [0.2, 0.25) is 5.95 Å². The van der Waals surface area contributed by atoms with Crippen LogP contribution in [0.25, 0.3) is 11.3 Å². The van der Waals surface area contributed by atoms with E-state index in [1.807, 2.05) is 38.4 Å². The Labute approximate surface area is 199 Å². The van der Waals surface area contributed by atoms with Crippen molar-refractivity contribution in [2.24, 2.45) is 0 Å². The Morgan fingerprint density at radius 1 is 1.00 bits per heavy atom. The molecule has 0 aliphatic heterocycles. The maximum Gasteiger partial charge on any atom is 0.573 e. The number of benzene rings is 2. The molecule has 0 amide bonds. The summed E-state index contributed by atoms with van der Waals surface area (Å²) >= 11 is 3.46. The molecule has 10 heteroatoms. The maximum absolute atomic E-state index is 12.6. The second-order valence-electron chi connectivity index (χ2n) is 7.60. The van der Waals surface area contributed by atoms with Crippen molar-refractivity contribution in [2.75, 3.05) is 37.8 Å². The van der Waals surface area contributed by atoms with Crippen molar-refractivity contribution >= 4 is 27.7 Å². The zero-order valence-corrected chi connectivity index (χ0v) is 19.9. The van der Waals surface area contributed by atoms with Gasteiger partial charge in [-0.1, -0.05) is 40.2 Å². The quantitative estimate of drug-likeness (QED) is 0.328. The second-order valence-corrected chi connectivity index (χ2v) is 8.52. The van der Waals surface area contributed by atoms with E-state index in [9.17, 15) is 13.2 Å². The summed E-state index contributed by atoms with van der Waals surface area (Å²) in [6.07, 6.45) is -3.88. The minimum absolute atomic E-state index is 0.303. The largest absolute Gasteiger partial charge is 0.573 e. The molecule has 2 aromatic carbocycles. The van der Waals surface area contributed by atoms with E-state index in [4.69, 9.17) is 0 Å². The number of aromatic nitrogens is 2. The third kappa shape index (κ3) is 8.54. The molecule has 176 valence electrons. The van der Waals surface area contributed by atoms with Gasteiger partial charge in [0.05, 0.1) is 5.69 Å². The molecule has 1 heterocycles. The third-order valence-corrected chi connectivity index (χ3v) is 5.01. The number of halogens is 4. The molecule has 0 aliphatic carbocycles. The summed E-state index contributed by atoms with van der Waals surface area (Å²) in [5, 5.41) is 6.47. The van der Waals surface area contributed by atoms with Gasteiger partial charge in [0, 0.05) is 29.2 Å². The van der Waals surface area contributed by atoms with E-state index in [1.54, 1.807) is 12.1 Å². The predicted octanol–water partition coefficient (Wildman–Crippen LogP) is 5.78. The van der Waals surface area contributed by atoms with Crippen molar-refractivity contribution in [3.63, 3.8) is 0 Å². The van der Waals surface area contributed by atoms with Crippen LogP contribution in [0.1, 0.15) is 12.0 Å². The monoisotopic (exact) mass is 523 g/mol. The fraction of sp³-hybridized carbons (Fsp3) is 0.304. The van der Waals surface area contributed by atoms with Crippen LogP contribution in [0.3, 0.4) is 0 Å². The Hall–Kier alpha value is -2.85. The van der Waals surface area contributed by atoms with Crippen molar-refractivity contribution < 1.29 is 17.9 Å². The highest BCUT2D eigenvalue weighted by atomic mass is 79.9. The summed E-state index contributed by atoms with van der Waals surface area (Å²) in [5.41, 5.74) is 2.01. The fourth-order valence-electron chi connectivity index (χ4n) is 3.05. The molecule has 3 aromatic rings. The summed E-state index contributed by atoms with van der Waals surface area (Å²) in [6, 6.07) is 15.3. The van der Waals surface area contributed by atoms with Crippen LogP contribution in [0.5, 0.6) is 5.75 Å². The first-order valence-corrected chi connectivity index (χ1v) is 11.1. The van der Waals surface area contributed by atoms with E-state index in [0.717, 1.165) is 23.0 Å². The van der Waals surface area contributed by atoms with E-state index >= 15 is 0 Å². The van der Waals surface area contributed by atoms with Gasteiger partial charge in [-0.25, -0.2) is 4.98 Å². The van der Waals surface area contributed by atoms with Crippen LogP contribution in [-0.2, 0) is 6.54 Å². The molecule has 6 nitrogen and oxygen atoms in total. The van der Waals surface area contributed by atoms with Crippen LogP contribution < -0.4 is 15.4 Å². The van der Waals surface area contributed by atoms with Gasteiger partial charge in [-0.05, 0) is 56.9 Å². The van der Waals surface area contributed by atoms with Crippen molar-refractivity contribution in [2.45, 2.75) is 19.3 Å².